The van der Waals surface area contributed by atoms with Crippen LogP contribution < -0.4 is 10.2 Å². The number of carbonyl (C=O) groups is 3. The average molecular weight is 295 g/mol. The molecule has 0 aromatic carbocycles. The van der Waals surface area contributed by atoms with Gasteiger partial charge >= 0.3 is 6.03 Å². The molecule has 1 aliphatic rings. The molecule has 1 aliphatic heterocycles. The number of barbiturate groups is 1. The summed E-state index contributed by atoms with van der Waals surface area (Å²) in [5.41, 5.74) is 0.864. The molecule has 0 aliphatic carbocycles. The number of hydrogen-bond acceptors (Lipinski definition) is 5. The molecule has 2 rings (SSSR count). The van der Waals surface area contributed by atoms with E-state index in [1.807, 2.05) is 13.8 Å². The molecule has 1 saturated heterocycles. The van der Waals surface area contributed by atoms with Crippen molar-refractivity contribution in [2.24, 2.45) is 11.8 Å². The van der Waals surface area contributed by atoms with Crippen molar-refractivity contribution in [3.05, 3.63) is 10.6 Å². The van der Waals surface area contributed by atoms with Crippen molar-refractivity contribution < 1.29 is 14.4 Å². The molecule has 1 fully saturated rings. The minimum atomic E-state index is -0.845. The van der Waals surface area contributed by atoms with Crippen LogP contribution in [-0.2, 0) is 16.0 Å². The zero-order valence-corrected chi connectivity index (χ0v) is 12.7. The Labute approximate surface area is 121 Å². The number of nitrogens with zero attached hydrogens (tertiary/aromatic N) is 2. The highest BCUT2D eigenvalue weighted by Gasteiger charge is 2.44. The van der Waals surface area contributed by atoms with Gasteiger partial charge in [0.1, 0.15) is 5.92 Å². The SMILES string of the molecule is CCc1nc(N2C(=O)NC(=O)C(C(C)C)C2=O)sc1C. The normalized spacial score (nSPS) is 19.8. The molecule has 108 valence electrons. The molecular weight excluding hydrogens is 278 g/mol. The summed E-state index contributed by atoms with van der Waals surface area (Å²) in [6.07, 6.45) is 0.735. The minimum Gasteiger partial charge on any atom is -0.277 e. The summed E-state index contributed by atoms with van der Waals surface area (Å²) in [6, 6.07) is -0.715. The molecule has 7 heteroatoms. The van der Waals surface area contributed by atoms with Gasteiger partial charge in [-0.05, 0) is 19.3 Å². The van der Waals surface area contributed by atoms with E-state index in [2.05, 4.69) is 10.3 Å². The summed E-state index contributed by atoms with van der Waals surface area (Å²) in [6.45, 7) is 7.42. The predicted molar refractivity (Wildman–Crippen MR) is 75.6 cm³/mol. The van der Waals surface area contributed by atoms with E-state index in [1.165, 1.54) is 11.3 Å². The number of amides is 4. The van der Waals surface area contributed by atoms with Crippen molar-refractivity contribution in [3.8, 4) is 0 Å². The van der Waals surface area contributed by atoms with Gasteiger partial charge in [-0.1, -0.05) is 20.8 Å². The Bertz CT molecular complexity index is 579. The number of thiazole rings is 1. The Morgan fingerprint density at radius 1 is 1.35 bits per heavy atom. The molecule has 0 spiro atoms. The van der Waals surface area contributed by atoms with E-state index < -0.39 is 23.8 Å². The van der Waals surface area contributed by atoms with Crippen LogP contribution in [0.3, 0.4) is 0 Å². The van der Waals surface area contributed by atoms with E-state index in [0.717, 1.165) is 21.9 Å². The van der Waals surface area contributed by atoms with Crippen molar-refractivity contribution in [1.29, 1.82) is 0 Å². The first kappa shape index (κ1) is 14.6. The fraction of sp³-hybridized carbons (Fsp3) is 0.538. The Balaban J connectivity index is 2.40. The number of imide groups is 2. The summed E-state index contributed by atoms with van der Waals surface area (Å²) in [5.74, 6) is -2.05. The lowest BCUT2D eigenvalue weighted by atomic mass is 9.92. The second-order valence-electron chi connectivity index (χ2n) is 5.04. The van der Waals surface area contributed by atoms with Crippen LogP contribution in [0.15, 0.2) is 0 Å². The number of rotatable bonds is 3. The zero-order valence-electron chi connectivity index (χ0n) is 11.9. The molecule has 4 amide bonds. The largest absolute Gasteiger partial charge is 0.337 e. The first-order valence-electron chi connectivity index (χ1n) is 6.51. The molecule has 1 N–H and O–H groups in total. The maximum absolute atomic E-state index is 12.4. The highest BCUT2D eigenvalue weighted by atomic mass is 32.1. The highest BCUT2D eigenvalue weighted by Crippen LogP contribution is 2.30. The van der Waals surface area contributed by atoms with E-state index in [9.17, 15) is 14.4 Å². The Kier molecular flexibility index (Phi) is 3.89. The van der Waals surface area contributed by atoms with Crippen molar-refractivity contribution in [1.82, 2.24) is 10.3 Å². The standard InChI is InChI=1S/C13H17N3O3S/c1-5-8-7(4)20-13(14-8)16-11(18)9(6(2)3)10(17)15-12(16)19/h6,9H,5H2,1-4H3,(H,15,17,19). The third-order valence-corrected chi connectivity index (χ3v) is 4.27. The molecule has 0 saturated carbocycles. The van der Waals surface area contributed by atoms with Crippen LogP contribution >= 0.6 is 11.3 Å². The van der Waals surface area contributed by atoms with Crippen LogP contribution in [0, 0.1) is 18.8 Å². The first-order chi connectivity index (χ1) is 9.36. The van der Waals surface area contributed by atoms with Crippen LogP contribution in [0.5, 0.6) is 0 Å². The number of anilines is 1. The maximum atomic E-state index is 12.4. The van der Waals surface area contributed by atoms with Crippen molar-refractivity contribution in [2.45, 2.75) is 34.1 Å². The molecule has 1 atom stereocenters. The third kappa shape index (κ3) is 2.33. The van der Waals surface area contributed by atoms with Gasteiger partial charge in [0.05, 0.1) is 5.69 Å². The van der Waals surface area contributed by atoms with E-state index in [1.54, 1.807) is 13.8 Å². The molecule has 1 aromatic heterocycles. The van der Waals surface area contributed by atoms with Gasteiger partial charge in [-0.3, -0.25) is 14.9 Å². The average Bonchev–Trinajstić information content (AvgIpc) is 2.68. The van der Waals surface area contributed by atoms with Gasteiger partial charge in [0.25, 0.3) is 0 Å². The Morgan fingerprint density at radius 3 is 2.50 bits per heavy atom. The van der Waals surface area contributed by atoms with Gasteiger partial charge in [0.2, 0.25) is 16.9 Å². The summed E-state index contributed by atoms with van der Waals surface area (Å²) < 4.78 is 0. The number of urea groups is 1. The van der Waals surface area contributed by atoms with Crippen LogP contribution in [-0.4, -0.2) is 22.8 Å². The lowest BCUT2D eigenvalue weighted by molar-refractivity contribution is -0.136. The fourth-order valence-corrected chi connectivity index (χ4v) is 3.20. The zero-order chi connectivity index (χ0) is 15.0. The van der Waals surface area contributed by atoms with Gasteiger partial charge in [-0.25, -0.2) is 14.7 Å². The molecule has 6 nitrogen and oxygen atoms in total. The van der Waals surface area contributed by atoms with Gasteiger partial charge in [0.15, 0.2) is 0 Å². The van der Waals surface area contributed by atoms with E-state index >= 15 is 0 Å². The van der Waals surface area contributed by atoms with Crippen molar-refractivity contribution in [2.75, 3.05) is 4.90 Å². The second-order valence-corrected chi connectivity index (χ2v) is 6.22. The molecule has 0 bridgehead atoms. The fourth-order valence-electron chi connectivity index (χ4n) is 2.20. The van der Waals surface area contributed by atoms with Crippen LogP contribution in [0.1, 0.15) is 31.3 Å². The molecule has 20 heavy (non-hydrogen) atoms. The maximum Gasteiger partial charge on any atom is 0.337 e. The summed E-state index contributed by atoms with van der Waals surface area (Å²) in [5, 5.41) is 2.56. The van der Waals surface area contributed by atoms with E-state index in [4.69, 9.17) is 0 Å². The predicted octanol–water partition coefficient (Wildman–Crippen LogP) is 1.87. The lowest BCUT2D eigenvalue weighted by Crippen LogP contribution is -2.59. The van der Waals surface area contributed by atoms with Crippen LogP contribution in [0.2, 0.25) is 0 Å². The third-order valence-electron chi connectivity index (χ3n) is 3.28. The molecular formula is C13H17N3O3S. The van der Waals surface area contributed by atoms with Crippen LogP contribution in [0.4, 0.5) is 9.93 Å². The smallest absolute Gasteiger partial charge is 0.277 e. The molecule has 0 radical (unpaired) electrons. The topological polar surface area (TPSA) is 79.4 Å². The van der Waals surface area contributed by atoms with Crippen LogP contribution in [0.25, 0.3) is 0 Å². The molecule has 1 unspecified atom stereocenters. The number of aromatic nitrogens is 1. The summed E-state index contributed by atoms with van der Waals surface area (Å²) >= 11 is 1.29. The molecule has 1 aromatic rings. The number of nitrogens with one attached hydrogen (secondary N) is 1. The molecule has 2 heterocycles. The summed E-state index contributed by atoms with van der Waals surface area (Å²) in [4.78, 5) is 42.4. The lowest BCUT2D eigenvalue weighted by Gasteiger charge is -2.30. The van der Waals surface area contributed by atoms with Gasteiger partial charge < -0.3 is 0 Å². The number of carbonyl (C=O) groups excluding carboxylic acids is 3. The van der Waals surface area contributed by atoms with E-state index in [-0.39, 0.29) is 5.92 Å². The Morgan fingerprint density at radius 2 is 2.00 bits per heavy atom. The number of hydrogen-bond donors (Lipinski definition) is 1. The van der Waals surface area contributed by atoms with Gasteiger partial charge in [0, 0.05) is 4.88 Å². The Hall–Kier alpha value is -1.76. The second kappa shape index (κ2) is 5.32. The summed E-state index contributed by atoms with van der Waals surface area (Å²) in [7, 11) is 0. The number of aryl methyl sites for hydroxylation is 2. The quantitative estimate of drug-likeness (QED) is 0.863. The van der Waals surface area contributed by atoms with E-state index in [0.29, 0.717) is 5.13 Å². The van der Waals surface area contributed by atoms with Gasteiger partial charge in [-0.15, -0.1) is 11.3 Å². The van der Waals surface area contributed by atoms with Crippen molar-refractivity contribution >= 4 is 34.3 Å². The monoisotopic (exact) mass is 295 g/mol. The van der Waals surface area contributed by atoms with Crippen molar-refractivity contribution in [3.63, 3.8) is 0 Å². The minimum absolute atomic E-state index is 0.176. The highest BCUT2D eigenvalue weighted by molar-refractivity contribution is 7.16. The van der Waals surface area contributed by atoms with Gasteiger partial charge in [-0.2, -0.15) is 0 Å². The first-order valence-corrected chi connectivity index (χ1v) is 7.33.